The van der Waals surface area contributed by atoms with Crippen LogP contribution in [0.1, 0.15) is 16.7 Å². The molecule has 4 rings (SSSR count). The van der Waals surface area contributed by atoms with Gasteiger partial charge in [0.1, 0.15) is 0 Å². The number of rotatable bonds is 8. The van der Waals surface area contributed by atoms with Crippen molar-refractivity contribution < 1.29 is 10.0 Å². The molecule has 0 aliphatic carbocycles. The molecule has 35 heavy (non-hydrogen) atoms. The first-order valence-electron chi connectivity index (χ1n) is 10.6. The highest BCUT2D eigenvalue weighted by molar-refractivity contribution is 5.82. The summed E-state index contributed by atoms with van der Waals surface area (Å²) in [6, 6.07) is 19.4. The third kappa shape index (κ3) is 6.05. The van der Waals surface area contributed by atoms with Gasteiger partial charge in [-0.05, 0) is 49.7 Å². The van der Waals surface area contributed by atoms with Crippen LogP contribution in [0.15, 0.2) is 71.8 Å². The fourth-order valence-electron chi connectivity index (χ4n) is 3.19. The van der Waals surface area contributed by atoms with E-state index in [4.69, 9.17) is 0 Å². The molecule has 0 aliphatic heterocycles. The summed E-state index contributed by atoms with van der Waals surface area (Å²) in [4.78, 5) is 23.5. The predicted octanol–water partition coefficient (Wildman–Crippen LogP) is 5.04. The van der Waals surface area contributed by atoms with Gasteiger partial charge in [0.15, 0.2) is 5.75 Å². The number of hydrogen-bond acceptors (Lipinski definition) is 10. The Morgan fingerprint density at radius 2 is 1.63 bits per heavy atom. The first kappa shape index (κ1) is 23.1. The van der Waals surface area contributed by atoms with Gasteiger partial charge in [-0.1, -0.05) is 35.9 Å². The minimum absolute atomic E-state index is 0.148. The van der Waals surface area contributed by atoms with E-state index in [9.17, 15) is 15.2 Å². The van der Waals surface area contributed by atoms with Gasteiger partial charge >= 0.3 is 5.69 Å². The monoisotopic (exact) mass is 470 g/mol. The van der Waals surface area contributed by atoms with Gasteiger partial charge < -0.3 is 15.7 Å². The number of nitrogens with one attached hydrogen (secondary N) is 3. The zero-order chi connectivity index (χ0) is 24.8. The minimum atomic E-state index is -0.668. The maximum absolute atomic E-state index is 11.0. The summed E-state index contributed by atoms with van der Waals surface area (Å²) in [6.07, 6.45) is 1.36. The lowest BCUT2D eigenvalue weighted by Gasteiger charge is -2.12. The number of phenolic OH excluding ortho intramolecular Hbond substituents is 1. The van der Waals surface area contributed by atoms with Gasteiger partial charge in [0.05, 0.1) is 11.1 Å². The van der Waals surface area contributed by atoms with E-state index in [-0.39, 0.29) is 11.9 Å². The smallest absolute Gasteiger partial charge is 0.311 e. The molecule has 3 aromatic carbocycles. The average Bonchev–Trinajstić information content (AvgIpc) is 2.82. The number of hydrogen-bond donors (Lipinski definition) is 4. The lowest BCUT2D eigenvalue weighted by molar-refractivity contribution is -0.385. The molecule has 0 saturated heterocycles. The zero-order valence-electron chi connectivity index (χ0n) is 18.9. The van der Waals surface area contributed by atoms with E-state index in [1.165, 1.54) is 24.4 Å². The lowest BCUT2D eigenvalue weighted by Crippen LogP contribution is -2.07. The van der Waals surface area contributed by atoms with E-state index >= 15 is 0 Å². The molecule has 0 spiro atoms. The normalized spacial score (nSPS) is 10.8. The highest BCUT2D eigenvalue weighted by Gasteiger charge is 2.13. The quantitative estimate of drug-likeness (QED) is 0.158. The van der Waals surface area contributed by atoms with Gasteiger partial charge in [0.25, 0.3) is 0 Å². The standard InChI is InChI=1S/C24H22N8O3/c1-15-8-10-19(16(2)12-15)27-23-28-22(26-18-6-4-3-5-7-18)29-24(30-23)31-25-14-17-9-11-21(33)20(13-17)32(34)35/h3-14,33H,1-2H3,(H3,26,27,28,29,30,31)/b25-14+. The van der Waals surface area contributed by atoms with Gasteiger partial charge in [0, 0.05) is 23.0 Å². The van der Waals surface area contributed by atoms with E-state index in [2.05, 4.69) is 36.1 Å². The van der Waals surface area contributed by atoms with Gasteiger partial charge in [-0.25, -0.2) is 5.43 Å². The van der Waals surface area contributed by atoms with E-state index in [0.29, 0.717) is 11.5 Å². The van der Waals surface area contributed by atoms with Crippen LogP contribution in [0.3, 0.4) is 0 Å². The number of aryl methyl sites for hydroxylation is 2. The molecule has 11 nitrogen and oxygen atoms in total. The molecule has 1 heterocycles. The van der Waals surface area contributed by atoms with E-state index in [1.807, 2.05) is 62.4 Å². The molecular weight excluding hydrogens is 448 g/mol. The Bertz CT molecular complexity index is 1390. The van der Waals surface area contributed by atoms with E-state index in [0.717, 1.165) is 22.5 Å². The second kappa shape index (κ2) is 10.3. The van der Waals surface area contributed by atoms with Gasteiger partial charge in [-0.15, -0.1) is 0 Å². The second-order valence-electron chi connectivity index (χ2n) is 7.62. The summed E-state index contributed by atoms with van der Waals surface area (Å²) in [7, 11) is 0. The molecular formula is C24H22N8O3. The number of nitro groups is 1. The van der Waals surface area contributed by atoms with Crippen molar-refractivity contribution in [2.45, 2.75) is 13.8 Å². The van der Waals surface area contributed by atoms with Crippen molar-refractivity contribution in [2.24, 2.45) is 5.10 Å². The molecule has 4 aromatic rings. The molecule has 0 amide bonds. The van der Waals surface area contributed by atoms with Crippen molar-refractivity contribution in [1.82, 2.24) is 15.0 Å². The number of aromatic hydroxyl groups is 1. The van der Waals surface area contributed by atoms with Crippen LogP contribution in [0.2, 0.25) is 0 Å². The molecule has 11 heteroatoms. The Hall–Kier alpha value is -5.06. The summed E-state index contributed by atoms with van der Waals surface area (Å²) >= 11 is 0. The third-order valence-electron chi connectivity index (χ3n) is 4.87. The molecule has 0 bridgehead atoms. The summed E-state index contributed by atoms with van der Waals surface area (Å²) in [5.41, 5.74) is 6.53. The van der Waals surface area contributed by atoms with Crippen LogP contribution >= 0.6 is 0 Å². The number of para-hydroxylation sites is 1. The van der Waals surface area contributed by atoms with E-state index < -0.39 is 16.4 Å². The highest BCUT2D eigenvalue weighted by atomic mass is 16.6. The maximum Gasteiger partial charge on any atom is 0.311 e. The number of anilines is 5. The first-order valence-corrected chi connectivity index (χ1v) is 10.6. The predicted molar refractivity (Wildman–Crippen MR) is 135 cm³/mol. The van der Waals surface area contributed by atoms with Crippen molar-refractivity contribution in [3.8, 4) is 5.75 Å². The molecule has 0 atom stereocenters. The molecule has 0 aliphatic rings. The molecule has 176 valence electrons. The Labute approximate surface area is 200 Å². The number of aromatic nitrogens is 3. The summed E-state index contributed by atoms with van der Waals surface area (Å²) in [5, 5.41) is 31.1. The average molecular weight is 470 g/mol. The number of phenols is 1. The van der Waals surface area contributed by atoms with Crippen molar-refractivity contribution in [3.63, 3.8) is 0 Å². The van der Waals surface area contributed by atoms with Crippen LogP contribution in [-0.2, 0) is 0 Å². The number of hydrazone groups is 1. The largest absolute Gasteiger partial charge is 0.502 e. The fourth-order valence-corrected chi connectivity index (χ4v) is 3.19. The van der Waals surface area contributed by atoms with Crippen LogP contribution < -0.4 is 16.1 Å². The molecule has 0 unspecified atom stereocenters. The summed E-state index contributed by atoms with van der Waals surface area (Å²) in [6.45, 7) is 4.00. The Kier molecular flexibility index (Phi) is 6.77. The minimum Gasteiger partial charge on any atom is -0.502 e. The van der Waals surface area contributed by atoms with Gasteiger partial charge in [-0.2, -0.15) is 20.1 Å². The summed E-state index contributed by atoms with van der Waals surface area (Å²) < 4.78 is 0. The number of benzene rings is 3. The van der Waals surface area contributed by atoms with Crippen LogP contribution in [0.4, 0.5) is 34.9 Å². The zero-order valence-corrected chi connectivity index (χ0v) is 18.9. The maximum atomic E-state index is 11.0. The molecule has 1 aromatic heterocycles. The van der Waals surface area contributed by atoms with E-state index in [1.54, 1.807) is 0 Å². The topological polar surface area (TPSA) is 150 Å². The number of nitro benzene ring substituents is 1. The molecule has 0 fully saturated rings. The molecule has 0 saturated carbocycles. The Morgan fingerprint density at radius 1 is 0.914 bits per heavy atom. The number of nitrogens with zero attached hydrogens (tertiary/aromatic N) is 5. The van der Waals surface area contributed by atoms with Crippen LogP contribution in [0.25, 0.3) is 0 Å². The van der Waals surface area contributed by atoms with Crippen molar-refractivity contribution in [1.29, 1.82) is 0 Å². The van der Waals surface area contributed by atoms with Crippen molar-refractivity contribution in [2.75, 3.05) is 16.1 Å². The second-order valence-corrected chi connectivity index (χ2v) is 7.62. The third-order valence-corrected chi connectivity index (χ3v) is 4.87. The van der Waals surface area contributed by atoms with Gasteiger partial charge in [0.2, 0.25) is 17.8 Å². The van der Waals surface area contributed by atoms with Crippen LogP contribution in [0.5, 0.6) is 5.75 Å². The first-order chi connectivity index (χ1) is 16.9. The van der Waals surface area contributed by atoms with Crippen LogP contribution in [-0.4, -0.2) is 31.2 Å². The summed E-state index contributed by atoms with van der Waals surface area (Å²) in [5.74, 6) is 0.311. The van der Waals surface area contributed by atoms with Crippen LogP contribution in [0, 0.1) is 24.0 Å². The molecule has 4 N–H and O–H groups in total. The Morgan fingerprint density at radius 3 is 2.34 bits per heavy atom. The lowest BCUT2D eigenvalue weighted by atomic mass is 10.1. The highest BCUT2D eigenvalue weighted by Crippen LogP contribution is 2.26. The fraction of sp³-hybridized carbons (Fsp3) is 0.0833. The molecule has 0 radical (unpaired) electrons. The van der Waals surface area contributed by atoms with Gasteiger partial charge in [-0.3, -0.25) is 10.1 Å². The van der Waals surface area contributed by atoms with Crippen molar-refractivity contribution >= 4 is 41.1 Å². The van der Waals surface area contributed by atoms with Crippen molar-refractivity contribution in [3.05, 3.63) is 93.5 Å². The SMILES string of the molecule is Cc1ccc(Nc2nc(N/N=C/c3ccc(O)c([N+](=O)[O-])c3)nc(Nc3ccccc3)n2)c(C)c1. The Balaban J connectivity index is 1.60.